The molecule has 4 aromatic rings. The third kappa shape index (κ3) is 6.86. The third-order valence-corrected chi connectivity index (χ3v) is 8.15. The van der Waals surface area contributed by atoms with Crippen LogP contribution in [0.4, 0.5) is 0 Å². The number of methoxy groups -OCH3 is 1. The van der Waals surface area contributed by atoms with E-state index in [1.165, 1.54) is 18.4 Å². The number of para-hydroxylation sites is 2. The van der Waals surface area contributed by atoms with Gasteiger partial charge in [0.25, 0.3) is 5.91 Å². The molecule has 0 unspecified atom stereocenters. The molecule has 210 valence electrons. The molecule has 5 rings (SSSR count). The number of aromatic nitrogens is 1. The number of piperidine rings is 1. The number of carbonyl (C=O) groups is 1. The Balaban J connectivity index is 1.14. The van der Waals surface area contributed by atoms with Crippen LogP contribution in [0.1, 0.15) is 47.2 Å². The first-order chi connectivity index (χ1) is 19.6. The number of amides is 1. The van der Waals surface area contributed by atoms with Gasteiger partial charge in [0, 0.05) is 24.7 Å². The van der Waals surface area contributed by atoms with Gasteiger partial charge >= 0.3 is 0 Å². The molecule has 3 aromatic carbocycles. The van der Waals surface area contributed by atoms with Crippen LogP contribution in [-0.2, 0) is 13.1 Å². The molecule has 6 nitrogen and oxygen atoms in total. The van der Waals surface area contributed by atoms with Crippen LogP contribution in [0.25, 0.3) is 10.9 Å². The lowest BCUT2D eigenvalue weighted by Crippen LogP contribution is -2.35. The SMILES string of the molecule is COc1cccc2c(C(=O)NCc3ccccc3C)cn(CCCN3CCC(CCOc4ccccc4)CC3)c12. The fraction of sp³-hybridized carbons (Fsp3) is 0.382. The molecule has 0 atom stereocenters. The molecule has 2 heterocycles. The molecule has 6 heteroatoms. The van der Waals surface area contributed by atoms with Crippen molar-refractivity contribution in [3.63, 3.8) is 0 Å². The second kappa shape index (κ2) is 13.5. The average Bonchev–Trinajstić information content (AvgIpc) is 3.37. The van der Waals surface area contributed by atoms with Gasteiger partial charge in [-0.15, -0.1) is 0 Å². The molecule has 0 radical (unpaired) electrons. The molecule has 1 aliphatic heterocycles. The lowest BCUT2D eigenvalue weighted by molar-refractivity contribution is 0.0952. The third-order valence-electron chi connectivity index (χ3n) is 8.15. The van der Waals surface area contributed by atoms with Crippen molar-refractivity contribution in [2.75, 3.05) is 33.4 Å². The number of nitrogens with one attached hydrogen (secondary N) is 1. The van der Waals surface area contributed by atoms with E-state index in [4.69, 9.17) is 9.47 Å². The molecule has 1 saturated heterocycles. The maximum Gasteiger partial charge on any atom is 0.253 e. The average molecular weight is 540 g/mol. The van der Waals surface area contributed by atoms with E-state index < -0.39 is 0 Å². The number of nitrogens with zero attached hydrogens (tertiary/aromatic N) is 2. The molecule has 1 N–H and O–H groups in total. The zero-order valence-corrected chi connectivity index (χ0v) is 23.8. The Bertz CT molecular complexity index is 1390. The smallest absolute Gasteiger partial charge is 0.253 e. The topological polar surface area (TPSA) is 55.7 Å². The Morgan fingerprint density at radius 3 is 2.50 bits per heavy atom. The summed E-state index contributed by atoms with van der Waals surface area (Å²) in [5, 5.41) is 4.06. The van der Waals surface area contributed by atoms with Gasteiger partial charge in [-0.3, -0.25) is 4.79 Å². The van der Waals surface area contributed by atoms with Crippen LogP contribution in [-0.4, -0.2) is 48.7 Å². The van der Waals surface area contributed by atoms with Gasteiger partial charge in [-0.05, 0) is 87.5 Å². The molecule has 1 aromatic heterocycles. The quantitative estimate of drug-likeness (QED) is 0.225. The van der Waals surface area contributed by atoms with E-state index in [2.05, 4.69) is 33.8 Å². The first-order valence-corrected chi connectivity index (χ1v) is 14.5. The second-order valence-electron chi connectivity index (χ2n) is 10.8. The lowest BCUT2D eigenvalue weighted by atomic mass is 9.94. The molecular formula is C34H41N3O3. The summed E-state index contributed by atoms with van der Waals surface area (Å²) in [6.45, 7) is 7.54. The summed E-state index contributed by atoms with van der Waals surface area (Å²) in [7, 11) is 1.69. The van der Waals surface area contributed by atoms with E-state index in [0.717, 1.165) is 79.5 Å². The normalized spacial score (nSPS) is 14.3. The molecule has 0 aliphatic carbocycles. The van der Waals surface area contributed by atoms with Gasteiger partial charge in [-0.1, -0.05) is 54.6 Å². The van der Waals surface area contributed by atoms with E-state index in [1.807, 2.05) is 66.9 Å². The Morgan fingerprint density at radius 1 is 0.950 bits per heavy atom. The van der Waals surface area contributed by atoms with Crippen LogP contribution in [0, 0.1) is 12.8 Å². The number of hydrogen-bond acceptors (Lipinski definition) is 4. The molecule has 40 heavy (non-hydrogen) atoms. The van der Waals surface area contributed by atoms with Crippen molar-refractivity contribution in [2.45, 2.75) is 45.7 Å². The largest absolute Gasteiger partial charge is 0.495 e. The van der Waals surface area contributed by atoms with Gasteiger partial charge in [0.15, 0.2) is 0 Å². The van der Waals surface area contributed by atoms with E-state index >= 15 is 0 Å². The minimum Gasteiger partial charge on any atom is -0.495 e. The summed E-state index contributed by atoms with van der Waals surface area (Å²) < 4.78 is 13.8. The van der Waals surface area contributed by atoms with E-state index in [-0.39, 0.29) is 5.91 Å². The monoisotopic (exact) mass is 539 g/mol. The molecule has 0 bridgehead atoms. The van der Waals surface area contributed by atoms with Gasteiger partial charge in [-0.2, -0.15) is 0 Å². The summed E-state index contributed by atoms with van der Waals surface area (Å²) >= 11 is 0. The minimum atomic E-state index is -0.0569. The van der Waals surface area contributed by atoms with E-state index in [1.54, 1.807) is 7.11 Å². The fourth-order valence-corrected chi connectivity index (χ4v) is 5.75. The lowest BCUT2D eigenvalue weighted by Gasteiger charge is -2.32. The van der Waals surface area contributed by atoms with Gasteiger partial charge in [0.1, 0.15) is 11.5 Å². The first-order valence-electron chi connectivity index (χ1n) is 14.5. The van der Waals surface area contributed by atoms with Crippen molar-refractivity contribution in [3.05, 3.63) is 95.7 Å². The van der Waals surface area contributed by atoms with Crippen molar-refractivity contribution in [2.24, 2.45) is 5.92 Å². The van der Waals surface area contributed by atoms with Crippen molar-refractivity contribution in [3.8, 4) is 11.5 Å². The molecule has 0 spiro atoms. The van der Waals surface area contributed by atoms with Crippen molar-refractivity contribution < 1.29 is 14.3 Å². The minimum absolute atomic E-state index is 0.0569. The highest BCUT2D eigenvalue weighted by molar-refractivity contribution is 6.08. The molecule has 0 saturated carbocycles. The highest BCUT2D eigenvalue weighted by Crippen LogP contribution is 2.30. The number of ether oxygens (including phenoxy) is 2. The summed E-state index contributed by atoms with van der Waals surface area (Å²) in [5.74, 6) is 2.44. The highest BCUT2D eigenvalue weighted by atomic mass is 16.5. The summed E-state index contributed by atoms with van der Waals surface area (Å²) in [5.41, 5.74) is 3.99. The van der Waals surface area contributed by atoms with Crippen molar-refractivity contribution in [1.82, 2.24) is 14.8 Å². The zero-order valence-electron chi connectivity index (χ0n) is 23.8. The van der Waals surface area contributed by atoms with Crippen LogP contribution in [0.2, 0.25) is 0 Å². The molecule has 1 aliphatic rings. The van der Waals surface area contributed by atoms with Crippen molar-refractivity contribution in [1.29, 1.82) is 0 Å². The Kier molecular flexibility index (Phi) is 9.40. The first kappa shape index (κ1) is 27.8. The summed E-state index contributed by atoms with van der Waals surface area (Å²) in [6, 6.07) is 24.2. The predicted octanol–water partition coefficient (Wildman–Crippen LogP) is 6.46. The maximum atomic E-state index is 13.3. The predicted molar refractivity (Wildman–Crippen MR) is 161 cm³/mol. The van der Waals surface area contributed by atoms with Crippen LogP contribution in [0.5, 0.6) is 11.5 Å². The van der Waals surface area contributed by atoms with Crippen LogP contribution in [0.3, 0.4) is 0 Å². The fourth-order valence-electron chi connectivity index (χ4n) is 5.75. The summed E-state index contributed by atoms with van der Waals surface area (Å²) in [4.78, 5) is 15.9. The number of carbonyl (C=O) groups excluding carboxylic acids is 1. The number of likely N-dealkylation sites (tertiary alicyclic amines) is 1. The number of hydrogen-bond donors (Lipinski definition) is 1. The van der Waals surface area contributed by atoms with Crippen LogP contribution < -0.4 is 14.8 Å². The highest BCUT2D eigenvalue weighted by Gasteiger charge is 2.21. The van der Waals surface area contributed by atoms with Gasteiger partial charge < -0.3 is 24.3 Å². The standard InChI is InChI=1S/C34H41N3O3/c1-26-10-6-7-11-28(26)24-35-34(38)31-25-37(33-30(31)14-8-15-32(33)39-2)20-9-19-36-21-16-27(17-22-36)18-23-40-29-12-4-3-5-13-29/h3-8,10-15,25,27H,9,16-24H2,1-2H3,(H,35,38). The van der Waals surface area contributed by atoms with Gasteiger partial charge in [-0.25, -0.2) is 0 Å². The number of aryl methyl sites for hydroxylation is 2. The maximum absolute atomic E-state index is 13.3. The van der Waals surface area contributed by atoms with E-state index in [9.17, 15) is 4.79 Å². The molecule has 1 amide bonds. The number of rotatable bonds is 12. The number of fused-ring (bicyclic) bond motifs is 1. The van der Waals surface area contributed by atoms with Crippen LogP contribution in [0.15, 0.2) is 79.0 Å². The molecular weight excluding hydrogens is 498 g/mol. The van der Waals surface area contributed by atoms with Gasteiger partial charge in [0.2, 0.25) is 0 Å². The summed E-state index contributed by atoms with van der Waals surface area (Å²) in [6.07, 6.45) is 6.59. The van der Waals surface area contributed by atoms with E-state index in [0.29, 0.717) is 12.1 Å². The molecule has 1 fully saturated rings. The van der Waals surface area contributed by atoms with Crippen LogP contribution >= 0.6 is 0 Å². The Hall–Kier alpha value is -3.77. The zero-order chi connectivity index (χ0) is 27.7. The van der Waals surface area contributed by atoms with Crippen molar-refractivity contribution >= 4 is 16.8 Å². The Morgan fingerprint density at radius 2 is 1.73 bits per heavy atom. The second-order valence-corrected chi connectivity index (χ2v) is 10.8. The Labute approximate surface area is 237 Å². The number of benzene rings is 3. The van der Waals surface area contributed by atoms with Gasteiger partial charge in [0.05, 0.1) is 24.8 Å².